The van der Waals surface area contributed by atoms with Gasteiger partial charge in [-0.2, -0.15) is 5.10 Å². The van der Waals surface area contributed by atoms with Crippen molar-refractivity contribution in [1.29, 1.82) is 0 Å². The highest BCUT2D eigenvalue weighted by molar-refractivity contribution is 6.30. The third kappa shape index (κ3) is 5.16. The van der Waals surface area contributed by atoms with Crippen molar-refractivity contribution in [2.75, 3.05) is 6.54 Å². The SMILES string of the molecule is CC(C)(C)OC(=O)NCC(O)(c1ccc(Cl)cc1)c1ccc(-c2cn[nH]c2)cc1. The summed E-state index contributed by atoms with van der Waals surface area (Å²) >= 11 is 6.01. The predicted octanol–water partition coefficient (Wildman–Crippen LogP) is 4.49. The van der Waals surface area contributed by atoms with E-state index in [4.69, 9.17) is 16.3 Å². The van der Waals surface area contributed by atoms with Gasteiger partial charge in [-0.3, -0.25) is 5.10 Å². The zero-order chi connectivity index (χ0) is 21.1. The number of nitrogens with one attached hydrogen (secondary N) is 2. The van der Waals surface area contributed by atoms with Crippen molar-refractivity contribution in [3.8, 4) is 11.1 Å². The lowest BCUT2D eigenvalue weighted by atomic mass is 9.85. The molecule has 7 heteroatoms. The smallest absolute Gasteiger partial charge is 0.407 e. The van der Waals surface area contributed by atoms with E-state index in [9.17, 15) is 9.90 Å². The normalized spacial score (nSPS) is 13.6. The van der Waals surface area contributed by atoms with Gasteiger partial charge in [-0.05, 0) is 49.6 Å². The van der Waals surface area contributed by atoms with E-state index in [-0.39, 0.29) is 6.54 Å². The Balaban J connectivity index is 1.90. The molecule has 1 heterocycles. The van der Waals surface area contributed by atoms with Crippen LogP contribution in [0, 0.1) is 0 Å². The van der Waals surface area contributed by atoms with Crippen molar-refractivity contribution in [2.24, 2.45) is 0 Å². The molecule has 3 rings (SSSR count). The third-order valence-electron chi connectivity index (χ3n) is 4.40. The fraction of sp³-hybridized carbons (Fsp3) is 0.273. The monoisotopic (exact) mass is 413 g/mol. The van der Waals surface area contributed by atoms with Gasteiger partial charge in [0, 0.05) is 16.8 Å². The third-order valence-corrected chi connectivity index (χ3v) is 4.66. The molecule has 0 aliphatic rings. The van der Waals surface area contributed by atoms with Crippen molar-refractivity contribution in [2.45, 2.75) is 32.0 Å². The van der Waals surface area contributed by atoms with Gasteiger partial charge in [0.05, 0.1) is 12.7 Å². The zero-order valence-corrected chi connectivity index (χ0v) is 17.3. The first-order valence-electron chi connectivity index (χ1n) is 9.22. The molecule has 0 bridgehead atoms. The summed E-state index contributed by atoms with van der Waals surface area (Å²) in [7, 11) is 0. The number of alkyl carbamates (subject to hydrolysis) is 1. The number of amides is 1. The average Bonchev–Trinajstić information content (AvgIpc) is 3.20. The van der Waals surface area contributed by atoms with Crippen LogP contribution in [-0.4, -0.2) is 33.5 Å². The maximum Gasteiger partial charge on any atom is 0.407 e. The number of aromatic amines is 1. The Kier molecular flexibility index (Phi) is 5.96. The average molecular weight is 414 g/mol. The van der Waals surface area contributed by atoms with Crippen molar-refractivity contribution < 1.29 is 14.6 Å². The first kappa shape index (κ1) is 20.9. The number of benzene rings is 2. The van der Waals surface area contributed by atoms with Crippen LogP contribution in [0.4, 0.5) is 4.79 Å². The van der Waals surface area contributed by atoms with E-state index < -0.39 is 17.3 Å². The molecule has 29 heavy (non-hydrogen) atoms. The molecule has 3 aromatic rings. The lowest BCUT2D eigenvalue weighted by Gasteiger charge is -2.30. The van der Waals surface area contributed by atoms with E-state index in [2.05, 4.69) is 15.5 Å². The summed E-state index contributed by atoms with van der Waals surface area (Å²) in [5, 5.41) is 21.6. The van der Waals surface area contributed by atoms with Gasteiger partial charge in [0.1, 0.15) is 11.2 Å². The molecule has 3 N–H and O–H groups in total. The molecular formula is C22H24ClN3O3. The number of aliphatic hydroxyl groups is 1. The lowest BCUT2D eigenvalue weighted by Crippen LogP contribution is -2.43. The number of rotatable bonds is 5. The summed E-state index contributed by atoms with van der Waals surface area (Å²) in [5.74, 6) is 0. The van der Waals surface area contributed by atoms with Crippen molar-refractivity contribution in [1.82, 2.24) is 15.5 Å². The molecule has 1 amide bonds. The molecule has 0 radical (unpaired) electrons. The van der Waals surface area contributed by atoms with Crippen LogP contribution < -0.4 is 5.32 Å². The van der Waals surface area contributed by atoms with Crippen LogP contribution in [0.25, 0.3) is 11.1 Å². The van der Waals surface area contributed by atoms with Crippen LogP contribution in [0.3, 0.4) is 0 Å². The number of hydrogen-bond donors (Lipinski definition) is 3. The lowest BCUT2D eigenvalue weighted by molar-refractivity contribution is 0.0393. The van der Waals surface area contributed by atoms with E-state index in [1.807, 2.05) is 24.3 Å². The van der Waals surface area contributed by atoms with Crippen LogP contribution in [0.2, 0.25) is 5.02 Å². The molecule has 0 saturated heterocycles. The molecule has 0 spiro atoms. The molecule has 0 saturated carbocycles. The molecule has 0 aliphatic heterocycles. The molecule has 152 valence electrons. The standard InChI is InChI=1S/C22H24ClN3O3/c1-21(2,3)29-20(27)24-14-22(28,18-8-10-19(23)11-9-18)17-6-4-15(5-7-17)16-12-25-26-13-16/h4-13,28H,14H2,1-3H3,(H,24,27)(H,25,26). The molecule has 1 unspecified atom stereocenters. The van der Waals surface area contributed by atoms with E-state index in [0.29, 0.717) is 16.1 Å². The number of aromatic nitrogens is 2. The largest absolute Gasteiger partial charge is 0.444 e. The van der Waals surface area contributed by atoms with Crippen molar-refractivity contribution >= 4 is 17.7 Å². The Bertz CT molecular complexity index is 948. The number of carbonyl (C=O) groups is 1. The molecular weight excluding hydrogens is 390 g/mol. The first-order chi connectivity index (χ1) is 13.7. The van der Waals surface area contributed by atoms with Gasteiger partial charge in [-0.15, -0.1) is 0 Å². The summed E-state index contributed by atoms with van der Waals surface area (Å²) in [4.78, 5) is 12.2. The van der Waals surface area contributed by atoms with Gasteiger partial charge < -0.3 is 15.2 Å². The van der Waals surface area contributed by atoms with E-state index in [1.54, 1.807) is 57.4 Å². The maximum atomic E-state index is 12.2. The number of ether oxygens (including phenoxy) is 1. The maximum absolute atomic E-state index is 12.2. The molecule has 1 aromatic heterocycles. The van der Waals surface area contributed by atoms with E-state index >= 15 is 0 Å². The Hall–Kier alpha value is -2.83. The van der Waals surface area contributed by atoms with Gasteiger partial charge in [-0.1, -0.05) is 48.0 Å². The van der Waals surface area contributed by atoms with Gasteiger partial charge >= 0.3 is 6.09 Å². The fourth-order valence-electron chi connectivity index (χ4n) is 2.96. The number of hydrogen-bond acceptors (Lipinski definition) is 4. The van der Waals surface area contributed by atoms with Crippen LogP contribution >= 0.6 is 11.6 Å². The summed E-state index contributed by atoms with van der Waals surface area (Å²) in [6.07, 6.45) is 2.93. The number of carbonyl (C=O) groups excluding carboxylic acids is 1. The van der Waals surface area contributed by atoms with Crippen LogP contribution in [-0.2, 0) is 10.3 Å². The zero-order valence-electron chi connectivity index (χ0n) is 16.6. The number of halogens is 1. The topological polar surface area (TPSA) is 87.2 Å². The van der Waals surface area contributed by atoms with Crippen molar-refractivity contribution in [3.05, 3.63) is 77.1 Å². The predicted molar refractivity (Wildman–Crippen MR) is 113 cm³/mol. The Morgan fingerprint density at radius 2 is 1.66 bits per heavy atom. The van der Waals surface area contributed by atoms with Crippen LogP contribution in [0.15, 0.2) is 60.9 Å². The minimum Gasteiger partial charge on any atom is -0.444 e. The van der Waals surface area contributed by atoms with Crippen LogP contribution in [0.5, 0.6) is 0 Å². The van der Waals surface area contributed by atoms with Crippen LogP contribution in [0.1, 0.15) is 31.9 Å². The second-order valence-corrected chi connectivity index (χ2v) is 8.22. The highest BCUT2D eigenvalue weighted by Gasteiger charge is 2.33. The second-order valence-electron chi connectivity index (χ2n) is 7.79. The molecule has 0 fully saturated rings. The summed E-state index contributed by atoms with van der Waals surface area (Å²) in [6, 6.07) is 14.3. The summed E-state index contributed by atoms with van der Waals surface area (Å²) in [6.45, 7) is 5.29. The van der Waals surface area contributed by atoms with Gasteiger partial charge in [0.2, 0.25) is 0 Å². The van der Waals surface area contributed by atoms with E-state index in [0.717, 1.165) is 11.1 Å². The van der Waals surface area contributed by atoms with Gasteiger partial charge in [-0.25, -0.2) is 4.79 Å². The first-order valence-corrected chi connectivity index (χ1v) is 9.60. The highest BCUT2D eigenvalue weighted by Crippen LogP contribution is 2.31. The van der Waals surface area contributed by atoms with Gasteiger partial charge in [0.15, 0.2) is 0 Å². The second kappa shape index (κ2) is 8.27. The number of H-pyrrole nitrogens is 1. The Morgan fingerprint density at radius 3 is 2.17 bits per heavy atom. The highest BCUT2D eigenvalue weighted by atomic mass is 35.5. The molecule has 2 aromatic carbocycles. The molecule has 0 aliphatic carbocycles. The Labute approximate surface area is 174 Å². The molecule has 1 atom stereocenters. The summed E-state index contributed by atoms with van der Waals surface area (Å²) < 4.78 is 5.30. The Morgan fingerprint density at radius 1 is 1.07 bits per heavy atom. The van der Waals surface area contributed by atoms with Crippen molar-refractivity contribution in [3.63, 3.8) is 0 Å². The summed E-state index contributed by atoms with van der Waals surface area (Å²) in [5.41, 5.74) is 1.04. The quantitative estimate of drug-likeness (QED) is 0.575. The van der Waals surface area contributed by atoms with Gasteiger partial charge in [0.25, 0.3) is 0 Å². The minimum absolute atomic E-state index is 0.0609. The number of nitrogens with zero attached hydrogens (tertiary/aromatic N) is 1. The molecule has 6 nitrogen and oxygen atoms in total. The fourth-order valence-corrected chi connectivity index (χ4v) is 3.08. The minimum atomic E-state index is -1.46. The van der Waals surface area contributed by atoms with E-state index in [1.165, 1.54) is 0 Å².